The van der Waals surface area contributed by atoms with Gasteiger partial charge in [-0.15, -0.1) is 11.6 Å². The van der Waals surface area contributed by atoms with Crippen LogP contribution in [0.15, 0.2) is 48.5 Å². The average molecular weight is 425 g/mol. The Kier molecular flexibility index (Phi) is 6.00. The molecule has 1 saturated carbocycles. The van der Waals surface area contributed by atoms with Crippen molar-refractivity contribution in [2.24, 2.45) is 17.3 Å². The maximum atomic E-state index is 12.8. The molecule has 0 amide bonds. The fraction of sp³-hybridized carbons (Fsp3) is 0.435. The fourth-order valence-electron chi connectivity index (χ4n) is 4.02. The largest absolute Gasteiger partial charge is 0.461 e. The first-order chi connectivity index (χ1) is 13.5. The van der Waals surface area contributed by atoms with Crippen LogP contribution >= 0.6 is 11.6 Å². The third-order valence-electron chi connectivity index (χ3n) is 6.02. The molecule has 0 N–H and O–H groups in total. The minimum atomic E-state index is -4.47. The first-order valence-electron chi connectivity index (χ1n) is 9.54. The lowest BCUT2D eigenvalue weighted by atomic mass is 9.97. The van der Waals surface area contributed by atoms with Gasteiger partial charge >= 0.3 is 12.1 Å². The zero-order valence-electron chi connectivity index (χ0n) is 16.6. The van der Waals surface area contributed by atoms with Crippen molar-refractivity contribution in [3.8, 4) is 11.1 Å². The Morgan fingerprint density at radius 1 is 1.14 bits per heavy atom. The number of hydrogen-bond acceptors (Lipinski definition) is 2. The van der Waals surface area contributed by atoms with E-state index in [2.05, 4.69) is 0 Å². The molecular weight excluding hydrogens is 401 g/mol. The number of hydrogen-bond donors (Lipinski definition) is 0. The molecule has 1 fully saturated rings. The molecule has 0 aromatic heterocycles. The summed E-state index contributed by atoms with van der Waals surface area (Å²) in [5, 5.41) is -1.95. The minimum absolute atomic E-state index is 0.0915. The Morgan fingerprint density at radius 2 is 1.79 bits per heavy atom. The van der Waals surface area contributed by atoms with Crippen molar-refractivity contribution >= 4 is 17.6 Å². The van der Waals surface area contributed by atoms with Crippen molar-refractivity contribution in [2.75, 3.05) is 0 Å². The van der Waals surface area contributed by atoms with E-state index in [1.807, 2.05) is 55.5 Å². The lowest BCUT2D eigenvalue weighted by Gasteiger charge is -2.14. The Bertz CT molecular complexity index is 877. The SMILES string of the molecule is Cc1c(COC(=O)[C@H]2[C@@H](CC(Cl)C(F)(F)F)C2(C)C)cccc1-c1ccccc1. The maximum Gasteiger partial charge on any atom is 0.404 e. The second-order valence-corrected chi connectivity index (χ2v) is 8.74. The molecular formula is C23H24ClF3O2. The van der Waals surface area contributed by atoms with Gasteiger partial charge in [-0.1, -0.05) is 62.4 Å². The molecule has 2 aromatic carbocycles. The fourth-order valence-corrected chi connectivity index (χ4v) is 4.21. The molecule has 1 aliphatic rings. The van der Waals surface area contributed by atoms with Crippen molar-refractivity contribution < 1.29 is 22.7 Å². The molecule has 156 valence electrons. The van der Waals surface area contributed by atoms with Crippen LogP contribution in [0.2, 0.25) is 0 Å². The number of carbonyl (C=O) groups excluding carboxylic acids is 1. The van der Waals surface area contributed by atoms with Gasteiger partial charge in [0.25, 0.3) is 0 Å². The number of carbonyl (C=O) groups is 1. The summed E-state index contributed by atoms with van der Waals surface area (Å²) >= 11 is 5.48. The van der Waals surface area contributed by atoms with E-state index in [9.17, 15) is 18.0 Å². The summed E-state index contributed by atoms with van der Waals surface area (Å²) in [6.45, 7) is 5.63. The first kappa shape index (κ1) is 21.7. The smallest absolute Gasteiger partial charge is 0.404 e. The molecule has 3 atom stereocenters. The maximum absolute atomic E-state index is 12.8. The van der Waals surface area contributed by atoms with Crippen molar-refractivity contribution in [1.82, 2.24) is 0 Å². The summed E-state index contributed by atoms with van der Waals surface area (Å²) in [6, 6.07) is 15.7. The van der Waals surface area contributed by atoms with Gasteiger partial charge in [0, 0.05) is 0 Å². The van der Waals surface area contributed by atoms with Gasteiger partial charge in [-0.05, 0) is 46.9 Å². The van der Waals surface area contributed by atoms with Crippen LogP contribution in [0.5, 0.6) is 0 Å². The molecule has 29 heavy (non-hydrogen) atoms. The number of benzene rings is 2. The Labute approximate surface area is 174 Å². The number of halogens is 4. The van der Waals surface area contributed by atoms with E-state index in [0.717, 1.165) is 22.3 Å². The first-order valence-corrected chi connectivity index (χ1v) is 9.98. The number of rotatable bonds is 6. The molecule has 0 saturated heterocycles. The Balaban J connectivity index is 1.66. The second-order valence-electron chi connectivity index (χ2n) is 8.21. The molecule has 3 rings (SSSR count). The average Bonchev–Trinajstić information content (AvgIpc) is 3.20. The normalized spacial score (nSPS) is 21.5. The summed E-state index contributed by atoms with van der Waals surface area (Å²) < 4.78 is 43.8. The van der Waals surface area contributed by atoms with E-state index in [4.69, 9.17) is 16.3 Å². The van der Waals surface area contributed by atoms with E-state index in [1.165, 1.54) is 0 Å². The lowest BCUT2D eigenvalue weighted by molar-refractivity contribution is -0.148. The van der Waals surface area contributed by atoms with Crippen LogP contribution < -0.4 is 0 Å². The minimum Gasteiger partial charge on any atom is -0.461 e. The molecule has 0 spiro atoms. The van der Waals surface area contributed by atoms with Crippen molar-refractivity contribution in [1.29, 1.82) is 0 Å². The molecule has 6 heteroatoms. The molecule has 2 aromatic rings. The molecule has 0 heterocycles. The van der Waals surface area contributed by atoms with Crippen LogP contribution in [-0.4, -0.2) is 17.5 Å². The third kappa shape index (κ3) is 4.61. The molecule has 1 aliphatic carbocycles. The highest BCUT2D eigenvalue weighted by atomic mass is 35.5. The van der Waals surface area contributed by atoms with Gasteiger partial charge in [0.1, 0.15) is 12.0 Å². The van der Waals surface area contributed by atoms with E-state index >= 15 is 0 Å². The van der Waals surface area contributed by atoms with Gasteiger partial charge in [0.2, 0.25) is 0 Å². The van der Waals surface area contributed by atoms with E-state index in [-0.39, 0.29) is 13.0 Å². The van der Waals surface area contributed by atoms with Crippen LogP contribution in [0.3, 0.4) is 0 Å². The molecule has 0 aliphatic heterocycles. The quantitative estimate of drug-likeness (QED) is 0.389. The molecule has 0 radical (unpaired) electrons. The van der Waals surface area contributed by atoms with Crippen LogP contribution in [0.4, 0.5) is 13.2 Å². The van der Waals surface area contributed by atoms with Gasteiger partial charge in [-0.2, -0.15) is 13.2 Å². The Hall–Kier alpha value is -2.01. The van der Waals surface area contributed by atoms with Gasteiger partial charge in [-0.3, -0.25) is 4.79 Å². The van der Waals surface area contributed by atoms with Crippen LogP contribution in [0, 0.1) is 24.2 Å². The number of alkyl halides is 4. The predicted octanol–water partition coefficient (Wildman–Crippen LogP) is 6.54. The van der Waals surface area contributed by atoms with Crippen molar-refractivity contribution in [3.63, 3.8) is 0 Å². The highest BCUT2D eigenvalue weighted by molar-refractivity contribution is 6.21. The predicted molar refractivity (Wildman–Crippen MR) is 107 cm³/mol. The summed E-state index contributed by atoms with van der Waals surface area (Å²) in [6.07, 6.45) is -4.75. The zero-order chi connectivity index (χ0) is 21.4. The third-order valence-corrected chi connectivity index (χ3v) is 6.45. The van der Waals surface area contributed by atoms with Crippen molar-refractivity contribution in [3.05, 3.63) is 59.7 Å². The zero-order valence-corrected chi connectivity index (χ0v) is 17.3. The van der Waals surface area contributed by atoms with Crippen LogP contribution in [0.1, 0.15) is 31.4 Å². The topological polar surface area (TPSA) is 26.3 Å². The summed E-state index contributed by atoms with van der Waals surface area (Å²) in [7, 11) is 0. The second kappa shape index (κ2) is 8.02. The van der Waals surface area contributed by atoms with Gasteiger partial charge in [0.05, 0.1) is 5.92 Å². The number of ether oxygens (including phenoxy) is 1. The highest BCUT2D eigenvalue weighted by Crippen LogP contribution is 2.62. The molecule has 0 bridgehead atoms. The molecule has 2 nitrogen and oxygen atoms in total. The van der Waals surface area contributed by atoms with Crippen LogP contribution in [0.25, 0.3) is 11.1 Å². The van der Waals surface area contributed by atoms with Gasteiger partial charge in [-0.25, -0.2) is 0 Å². The summed E-state index contributed by atoms with van der Waals surface area (Å²) in [5.41, 5.74) is 3.47. The van der Waals surface area contributed by atoms with E-state index in [0.29, 0.717) is 0 Å². The highest BCUT2D eigenvalue weighted by Gasteiger charge is 2.64. The lowest BCUT2D eigenvalue weighted by Crippen LogP contribution is -2.24. The van der Waals surface area contributed by atoms with E-state index in [1.54, 1.807) is 13.8 Å². The van der Waals surface area contributed by atoms with Gasteiger partial charge < -0.3 is 4.74 Å². The van der Waals surface area contributed by atoms with E-state index < -0.39 is 34.8 Å². The van der Waals surface area contributed by atoms with Crippen molar-refractivity contribution in [2.45, 2.75) is 45.4 Å². The molecule has 1 unspecified atom stereocenters. The van der Waals surface area contributed by atoms with Crippen LogP contribution in [-0.2, 0) is 16.1 Å². The summed E-state index contributed by atoms with van der Waals surface area (Å²) in [5.74, 6) is -1.46. The summed E-state index contributed by atoms with van der Waals surface area (Å²) in [4.78, 5) is 12.6. The monoisotopic (exact) mass is 424 g/mol. The Morgan fingerprint density at radius 3 is 2.41 bits per heavy atom. The van der Waals surface area contributed by atoms with Gasteiger partial charge in [0.15, 0.2) is 0 Å². The number of esters is 1. The standard InChI is InChI=1S/C23H24ClF3O2/c1-14-16(10-7-11-17(14)15-8-5-4-6-9-15)13-29-21(28)20-18(22(20,2)3)12-19(24)23(25,26)27/h4-11,18-20H,12-13H2,1-3H3/t18-,19?,20-/m1/s1.